The van der Waals surface area contributed by atoms with Crippen LogP contribution in [0.4, 0.5) is 10.1 Å². The summed E-state index contributed by atoms with van der Waals surface area (Å²) in [6, 6.07) is 4.44. The van der Waals surface area contributed by atoms with Crippen molar-refractivity contribution in [2.45, 2.75) is 12.8 Å². The number of nitrogens with zero attached hydrogens (tertiary/aromatic N) is 3. The van der Waals surface area contributed by atoms with Crippen LogP contribution < -0.4 is 11.1 Å². The number of nitrogen functional groups attached to an aromatic ring is 1. The summed E-state index contributed by atoms with van der Waals surface area (Å²) in [6.07, 6.45) is 2.42. The van der Waals surface area contributed by atoms with E-state index in [-0.39, 0.29) is 22.8 Å². The normalized spacial score (nSPS) is 15.3. The zero-order chi connectivity index (χ0) is 15.5. The van der Waals surface area contributed by atoms with Gasteiger partial charge in [0.05, 0.1) is 5.69 Å². The van der Waals surface area contributed by atoms with E-state index in [0.29, 0.717) is 11.9 Å². The molecule has 7 heteroatoms. The summed E-state index contributed by atoms with van der Waals surface area (Å²) in [5.74, 6) is -0.881. The van der Waals surface area contributed by atoms with Crippen molar-refractivity contribution in [3.8, 4) is 0 Å². The van der Waals surface area contributed by atoms with Gasteiger partial charge in [0.15, 0.2) is 11.5 Å². The highest BCUT2D eigenvalue weighted by Gasteiger charge is 2.17. The fourth-order valence-corrected chi connectivity index (χ4v) is 2.70. The van der Waals surface area contributed by atoms with E-state index in [9.17, 15) is 9.18 Å². The van der Waals surface area contributed by atoms with Crippen LogP contribution in [0.25, 0.3) is 10.9 Å². The van der Waals surface area contributed by atoms with E-state index in [1.54, 1.807) is 6.07 Å². The highest BCUT2D eigenvalue weighted by molar-refractivity contribution is 6.04. The van der Waals surface area contributed by atoms with Gasteiger partial charge >= 0.3 is 0 Å². The standard InChI is InChI=1S/C15H18FN5O/c16-11-5-3-4-10-12(17)14(20-19-13(10)11)15(22)18-6-9-21-7-1-2-8-21/h3-5H,1-2,6-9H2,(H2,17,19)(H,18,22). The Morgan fingerprint density at radius 3 is 2.86 bits per heavy atom. The molecule has 0 atom stereocenters. The van der Waals surface area contributed by atoms with Crippen LogP contribution in [0.3, 0.4) is 0 Å². The zero-order valence-electron chi connectivity index (χ0n) is 12.2. The first-order valence-electron chi connectivity index (χ1n) is 7.38. The molecule has 0 unspecified atom stereocenters. The van der Waals surface area contributed by atoms with Gasteiger partial charge in [-0.05, 0) is 32.0 Å². The van der Waals surface area contributed by atoms with Crippen molar-refractivity contribution < 1.29 is 9.18 Å². The van der Waals surface area contributed by atoms with Gasteiger partial charge in [-0.3, -0.25) is 4.79 Å². The molecule has 3 N–H and O–H groups in total. The fourth-order valence-electron chi connectivity index (χ4n) is 2.70. The third-order valence-corrected chi connectivity index (χ3v) is 3.91. The maximum absolute atomic E-state index is 13.6. The molecule has 2 aromatic rings. The van der Waals surface area contributed by atoms with Crippen LogP contribution in [0, 0.1) is 5.82 Å². The maximum Gasteiger partial charge on any atom is 0.274 e. The Hall–Kier alpha value is -2.28. The molecule has 0 spiro atoms. The number of carbonyl (C=O) groups excluding carboxylic acids is 1. The third-order valence-electron chi connectivity index (χ3n) is 3.91. The highest BCUT2D eigenvalue weighted by Crippen LogP contribution is 2.22. The van der Waals surface area contributed by atoms with Gasteiger partial charge in [-0.2, -0.15) is 0 Å². The van der Waals surface area contributed by atoms with Crippen LogP contribution in [0.1, 0.15) is 23.3 Å². The summed E-state index contributed by atoms with van der Waals surface area (Å²) >= 11 is 0. The van der Waals surface area contributed by atoms with Crippen LogP contribution in [0.2, 0.25) is 0 Å². The molecule has 22 heavy (non-hydrogen) atoms. The predicted octanol–water partition coefficient (Wildman–Crippen LogP) is 1.18. The number of benzene rings is 1. The number of likely N-dealkylation sites (tertiary alicyclic amines) is 1. The quantitative estimate of drug-likeness (QED) is 0.886. The molecule has 1 aromatic carbocycles. The molecule has 1 fully saturated rings. The molecule has 0 bridgehead atoms. The zero-order valence-corrected chi connectivity index (χ0v) is 12.2. The Kier molecular flexibility index (Phi) is 4.15. The lowest BCUT2D eigenvalue weighted by Gasteiger charge is -2.14. The SMILES string of the molecule is Nc1c(C(=O)NCCN2CCCC2)nnc2c(F)cccc12. The number of rotatable bonds is 4. The molecule has 2 heterocycles. The summed E-state index contributed by atoms with van der Waals surface area (Å²) in [6.45, 7) is 3.49. The van der Waals surface area contributed by atoms with Gasteiger partial charge < -0.3 is 16.0 Å². The number of halogens is 1. The molecular weight excluding hydrogens is 285 g/mol. The van der Waals surface area contributed by atoms with E-state index in [2.05, 4.69) is 20.4 Å². The van der Waals surface area contributed by atoms with Gasteiger partial charge in [-0.15, -0.1) is 10.2 Å². The summed E-state index contributed by atoms with van der Waals surface area (Å²) < 4.78 is 13.6. The van der Waals surface area contributed by atoms with Crippen LogP contribution in [0.5, 0.6) is 0 Å². The van der Waals surface area contributed by atoms with E-state index >= 15 is 0 Å². The van der Waals surface area contributed by atoms with Gasteiger partial charge in [-0.25, -0.2) is 4.39 Å². The molecule has 116 valence electrons. The lowest BCUT2D eigenvalue weighted by atomic mass is 10.1. The second kappa shape index (κ2) is 6.23. The summed E-state index contributed by atoms with van der Waals surface area (Å²) in [7, 11) is 0. The summed E-state index contributed by atoms with van der Waals surface area (Å²) in [5.41, 5.74) is 6.22. The Morgan fingerprint density at radius 1 is 1.32 bits per heavy atom. The minimum Gasteiger partial charge on any atom is -0.396 e. The van der Waals surface area contributed by atoms with Crippen LogP contribution in [-0.2, 0) is 0 Å². The number of nitrogens with one attached hydrogen (secondary N) is 1. The van der Waals surface area contributed by atoms with Gasteiger partial charge in [0.1, 0.15) is 5.52 Å². The molecule has 0 aliphatic carbocycles. The molecule has 1 saturated heterocycles. The fraction of sp³-hybridized carbons (Fsp3) is 0.400. The first kappa shape index (κ1) is 14.6. The summed E-state index contributed by atoms with van der Waals surface area (Å²) in [4.78, 5) is 14.5. The third kappa shape index (κ3) is 2.85. The van der Waals surface area contributed by atoms with E-state index in [1.165, 1.54) is 25.0 Å². The predicted molar refractivity (Wildman–Crippen MR) is 81.9 cm³/mol. The molecule has 1 aliphatic heterocycles. The van der Waals surface area contributed by atoms with Crippen LogP contribution >= 0.6 is 0 Å². The van der Waals surface area contributed by atoms with Crippen molar-refractivity contribution in [1.29, 1.82) is 0 Å². The minimum absolute atomic E-state index is 0.0412. The van der Waals surface area contributed by atoms with Gasteiger partial charge in [0.2, 0.25) is 0 Å². The number of amides is 1. The molecule has 3 rings (SSSR count). The lowest BCUT2D eigenvalue weighted by molar-refractivity contribution is 0.0945. The second-order valence-corrected chi connectivity index (χ2v) is 5.40. The number of aromatic nitrogens is 2. The van der Waals surface area contributed by atoms with Crippen LogP contribution in [0.15, 0.2) is 18.2 Å². The lowest BCUT2D eigenvalue weighted by Crippen LogP contribution is -2.34. The largest absolute Gasteiger partial charge is 0.396 e. The second-order valence-electron chi connectivity index (χ2n) is 5.40. The number of carbonyl (C=O) groups is 1. The average molecular weight is 303 g/mol. The Morgan fingerprint density at radius 2 is 2.09 bits per heavy atom. The smallest absolute Gasteiger partial charge is 0.274 e. The van der Waals surface area contributed by atoms with Crippen molar-refractivity contribution in [1.82, 2.24) is 20.4 Å². The van der Waals surface area contributed by atoms with Gasteiger partial charge in [0.25, 0.3) is 5.91 Å². The van der Waals surface area contributed by atoms with E-state index in [4.69, 9.17) is 5.73 Å². The summed E-state index contributed by atoms with van der Waals surface area (Å²) in [5, 5.41) is 10.7. The topological polar surface area (TPSA) is 84.1 Å². The first-order chi connectivity index (χ1) is 10.7. The van der Waals surface area contributed by atoms with Crippen molar-refractivity contribution in [2.75, 3.05) is 31.9 Å². The van der Waals surface area contributed by atoms with Gasteiger partial charge in [-0.1, -0.05) is 12.1 Å². The Balaban J connectivity index is 1.72. The van der Waals surface area contributed by atoms with E-state index in [1.807, 2.05) is 0 Å². The Labute approximate surface area is 127 Å². The maximum atomic E-state index is 13.6. The molecular formula is C15H18FN5O. The molecule has 1 aliphatic rings. The number of fused-ring (bicyclic) bond motifs is 1. The first-order valence-corrected chi connectivity index (χ1v) is 7.38. The molecule has 0 saturated carbocycles. The van der Waals surface area contributed by atoms with Crippen molar-refractivity contribution in [3.63, 3.8) is 0 Å². The van der Waals surface area contributed by atoms with Crippen molar-refractivity contribution in [2.24, 2.45) is 0 Å². The monoisotopic (exact) mass is 303 g/mol. The minimum atomic E-state index is -0.502. The molecule has 6 nitrogen and oxygen atoms in total. The van der Waals surface area contributed by atoms with Crippen molar-refractivity contribution in [3.05, 3.63) is 29.7 Å². The van der Waals surface area contributed by atoms with E-state index in [0.717, 1.165) is 19.6 Å². The van der Waals surface area contributed by atoms with Crippen molar-refractivity contribution >= 4 is 22.5 Å². The number of hydrogen-bond donors (Lipinski definition) is 2. The molecule has 1 amide bonds. The number of nitrogens with two attached hydrogens (primary N) is 1. The number of hydrogen-bond acceptors (Lipinski definition) is 5. The Bertz CT molecular complexity index is 700. The highest BCUT2D eigenvalue weighted by atomic mass is 19.1. The van der Waals surface area contributed by atoms with Gasteiger partial charge in [0, 0.05) is 18.5 Å². The molecule has 0 radical (unpaired) electrons. The van der Waals surface area contributed by atoms with Crippen LogP contribution in [-0.4, -0.2) is 47.2 Å². The number of anilines is 1. The molecule has 1 aromatic heterocycles. The average Bonchev–Trinajstić information content (AvgIpc) is 3.02. The van der Waals surface area contributed by atoms with E-state index < -0.39 is 5.82 Å².